The van der Waals surface area contributed by atoms with Crippen LogP contribution in [0, 0.1) is 12.8 Å². The lowest BCUT2D eigenvalue weighted by molar-refractivity contribution is -0.132. The highest BCUT2D eigenvalue weighted by atomic mass is 16.4. The van der Waals surface area contributed by atoms with Crippen molar-refractivity contribution in [1.29, 1.82) is 0 Å². The first-order valence-corrected chi connectivity index (χ1v) is 8.56. The number of likely N-dealkylation sites (tertiary alicyclic amines) is 1. The summed E-state index contributed by atoms with van der Waals surface area (Å²) in [6, 6.07) is 8.10. The van der Waals surface area contributed by atoms with E-state index < -0.39 is 0 Å². The molecule has 1 amide bonds. The Morgan fingerprint density at radius 2 is 2.00 bits per heavy atom. The maximum atomic E-state index is 12.3. The molecule has 1 aromatic heterocycles. The summed E-state index contributed by atoms with van der Waals surface area (Å²) in [5.41, 5.74) is 2.20. The first-order chi connectivity index (χ1) is 11.7. The van der Waals surface area contributed by atoms with E-state index in [-0.39, 0.29) is 12.5 Å². The van der Waals surface area contributed by atoms with Crippen molar-refractivity contribution in [2.45, 2.75) is 32.6 Å². The van der Waals surface area contributed by atoms with Gasteiger partial charge < -0.3 is 14.4 Å². The molecule has 0 atom stereocenters. The zero-order valence-corrected chi connectivity index (χ0v) is 14.1. The van der Waals surface area contributed by atoms with Gasteiger partial charge in [-0.3, -0.25) is 4.79 Å². The van der Waals surface area contributed by atoms with Gasteiger partial charge in [-0.25, -0.2) is 4.98 Å². The highest BCUT2D eigenvalue weighted by molar-refractivity contribution is 5.76. The van der Waals surface area contributed by atoms with E-state index in [0.29, 0.717) is 24.7 Å². The van der Waals surface area contributed by atoms with Crippen molar-refractivity contribution < 1.29 is 14.3 Å². The van der Waals surface area contributed by atoms with Crippen molar-refractivity contribution in [1.82, 2.24) is 9.88 Å². The summed E-state index contributed by atoms with van der Waals surface area (Å²) in [7, 11) is 0. The van der Waals surface area contributed by atoms with Gasteiger partial charge in [0.2, 0.25) is 5.91 Å². The third-order valence-corrected chi connectivity index (χ3v) is 4.67. The number of oxazole rings is 1. The molecule has 5 heteroatoms. The van der Waals surface area contributed by atoms with Crippen LogP contribution in [0.2, 0.25) is 0 Å². The molecule has 24 heavy (non-hydrogen) atoms. The molecule has 1 N–H and O–H groups in total. The number of amides is 1. The quantitative estimate of drug-likeness (QED) is 0.916. The Morgan fingerprint density at radius 1 is 1.29 bits per heavy atom. The molecule has 128 valence electrons. The molecule has 1 fully saturated rings. The minimum Gasteiger partial charge on any atom is -0.441 e. The molecular weight excluding hydrogens is 304 g/mol. The van der Waals surface area contributed by atoms with Crippen LogP contribution in [-0.2, 0) is 11.2 Å². The Labute approximate surface area is 142 Å². The summed E-state index contributed by atoms with van der Waals surface area (Å²) in [6.07, 6.45) is 4.43. The van der Waals surface area contributed by atoms with E-state index in [9.17, 15) is 4.79 Å². The summed E-state index contributed by atoms with van der Waals surface area (Å²) < 4.78 is 5.77. The molecule has 0 radical (unpaired) electrons. The minimum absolute atomic E-state index is 0.140. The number of carbonyl (C=O) groups is 1. The van der Waals surface area contributed by atoms with Gasteiger partial charge in [0.1, 0.15) is 0 Å². The topological polar surface area (TPSA) is 66.6 Å². The second-order valence-corrected chi connectivity index (χ2v) is 6.49. The van der Waals surface area contributed by atoms with Crippen LogP contribution in [0.25, 0.3) is 11.3 Å². The van der Waals surface area contributed by atoms with E-state index in [1.165, 1.54) is 5.56 Å². The molecule has 5 nitrogen and oxygen atoms in total. The van der Waals surface area contributed by atoms with Crippen LogP contribution in [-0.4, -0.2) is 40.6 Å². The second kappa shape index (κ2) is 7.62. The molecule has 2 heterocycles. The van der Waals surface area contributed by atoms with E-state index in [1.807, 2.05) is 36.1 Å². The monoisotopic (exact) mass is 328 g/mol. The van der Waals surface area contributed by atoms with Gasteiger partial charge in [0.25, 0.3) is 0 Å². The molecule has 1 aliphatic rings. The molecule has 2 aromatic rings. The van der Waals surface area contributed by atoms with Crippen molar-refractivity contribution in [3.8, 4) is 11.3 Å². The number of piperidine rings is 1. The van der Waals surface area contributed by atoms with Gasteiger partial charge in [0, 0.05) is 38.1 Å². The van der Waals surface area contributed by atoms with E-state index in [0.717, 1.165) is 37.3 Å². The van der Waals surface area contributed by atoms with E-state index in [1.54, 1.807) is 6.20 Å². The Hall–Kier alpha value is -2.14. The van der Waals surface area contributed by atoms with Crippen LogP contribution < -0.4 is 0 Å². The molecule has 0 spiro atoms. The largest absolute Gasteiger partial charge is 0.441 e. The van der Waals surface area contributed by atoms with Gasteiger partial charge in [-0.1, -0.05) is 29.8 Å². The van der Waals surface area contributed by atoms with E-state index in [4.69, 9.17) is 9.52 Å². The van der Waals surface area contributed by atoms with Gasteiger partial charge in [0.05, 0.1) is 6.20 Å². The van der Waals surface area contributed by atoms with Gasteiger partial charge >= 0.3 is 0 Å². The fraction of sp³-hybridized carbons (Fsp3) is 0.474. The van der Waals surface area contributed by atoms with Crippen molar-refractivity contribution in [2.75, 3.05) is 19.7 Å². The molecule has 0 unspecified atom stereocenters. The average molecular weight is 328 g/mol. The Bertz CT molecular complexity index is 670. The number of aliphatic hydroxyl groups is 1. The van der Waals surface area contributed by atoms with Crippen LogP contribution in [0.1, 0.15) is 30.7 Å². The molecule has 0 bridgehead atoms. The first-order valence-electron chi connectivity index (χ1n) is 8.56. The smallest absolute Gasteiger partial charge is 0.223 e. The Balaban J connectivity index is 1.52. The van der Waals surface area contributed by atoms with Crippen molar-refractivity contribution >= 4 is 5.91 Å². The second-order valence-electron chi connectivity index (χ2n) is 6.49. The molecule has 0 aliphatic carbocycles. The van der Waals surface area contributed by atoms with Crippen LogP contribution in [0.5, 0.6) is 0 Å². The number of aromatic nitrogens is 1. The molecule has 1 aliphatic heterocycles. The number of hydrogen-bond donors (Lipinski definition) is 1. The molecule has 0 saturated carbocycles. The van der Waals surface area contributed by atoms with Gasteiger partial charge in [0.15, 0.2) is 11.7 Å². The van der Waals surface area contributed by atoms with Crippen LogP contribution >= 0.6 is 0 Å². The number of nitrogens with zero attached hydrogens (tertiary/aromatic N) is 2. The number of aryl methyl sites for hydroxylation is 2. The fourth-order valence-corrected chi connectivity index (χ4v) is 3.01. The zero-order valence-electron chi connectivity index (χ0n) is 14.1. The predicted octanol–water partition coefficient (Wildman–Crippen LogP) is 2.81. The highest BCUT2D eigenvalue weighted by Gasteiger charge is 2.22. The number of hydrogen-bond acceptors (Lipinski definition) is 4. The predicted molar refractivity (Wildman–Crippen MR) is 91.4 cm³/mol. The van der Waals surface area contributed by atoms with Crippen LogP contribution in [0.15, 0.2) is 34.9 Å². The SMILES string of the molecule is Cc1ccc(-c2cnc(CCC(=O)N3CCC(CO)CC3)o2)cc1. The summed E-state index contributed by atoms with van der Waals surface area (Å²) in [4.78, 5) is 18.4. The summed E-state index contributed by atoms with van der Waals surface area (Å²) >= 11 is 0. The van der Waals surface area contributed by atoms with Crippen LogP contribution in [0.4, 0.5) is 0 Å². The summed E-state index contributed by atoms with van der Waals surface area (Å²) in [5.74, 6) is 1.82. The Morgan fingerprint density at radius 3 is 2.67 bits per heavy atom. The maximum Gasteiger partial charge on any atom is 0.223 e. The zero-order chi connectivity index (χ0) is 16.9. The van der Waals surface area contributed by atoms with Crippen molar-refractivity contribution in [2.24, 2.45) is 5.92 Å². The summed E-state index contributed by atoms with van der Waals surface area (Å²) in [5, 5.41) is 9.16. The molecule has 3 rings (SSSR count). The number of carbonyl (C=O) groups excluding carboxylic acids is 1. The van der Waals surface area contributed by atoms with Gasteiger partial charge in [-0.15, -0.1) is 0 Å². The number of benzene rings is 1. The van der Waals surface area contributed by atoms with Crippen LogP contribution in [0.3, 0.4) is 0 Å². The number of rotatable bonds is 5. The van der Waals surface area contributed by atoms with Gasteiger partial charge in [-0.2, -0.15) is 0 Å². The minimum atomic E-state index is 0.140. The molecule has 1 aromatic carbocycles. The lowest BCUT2D eigenvalue weighted by atomic mass is 9.97. The normalized spacial score (nSPS) is 15.7. The van der Waals surface area contributed by atoms with Crippen molar-refractivity contribution in [3.05, 3.63) is 41.9 Å². The molecule has 1 saturated heterocycles. The third kappa shape index (κ3) is 4.03. The van der Waals surface area contributed by atoms with E-state index >= 15 is 0 Å². The maximum absolute atomic E-state index is 12.3. The highest BCUT2D eigenvalue weighted by Crippen LogP contribution is 2.22. The fourth-order valence-electron chi connectivity index (χ4n) is 3.01. The Kier molecular flexibility index (Phi) is 5.30. The molecular formula is C19H24N2O3. The van der Waals surface area contributed by atoms with E-state index in [2.05, 4.69) is 4.98 Å². The standard InChI is InChI=1S/C19H24N2O3/c1-14-2-4-16(5-3-14)17-12-20-18(24-17)6-7-19(23)21-10-8-15(13-22)9-11-21/h2-5,12,15,22H,6-11,13H2,1H3. The average Bonchev–Trinajstić information content (AvgIpc) is 3.09. The van der Waals surface area contributed by atoms with Crippen molar-refractivity contribution in [3.63, 3.8) is 0 Å². The van der Waals surface area contributed by atoms with Gasteiger partial charge in [-0.05, 0) is 25.7 Å². The third-order valence-electron chi connectivity index (χ3n) is 4.67. The summed E-state index contributed by atoms with van der Waals surface area (Å²) in [6.45, 7) is 3.75. The lowest BCUT2D eigenvalue weighted by Gasteiger charge is -2.31. The number of aliphatic hydroxyl groups excluding tert-OH is 1. The lowest BCUT2D eigenvalue weighted by Crippen LogP contribution is -2.39. The first kappa shape index (κ1) is 16.7.